The SMILES string of the molecule is Cc1ccccc1-c1ccccc1C(c1ccccc1-c1ccccc1C)c1cccc(-c2ccc3c(c2)c2nc4ccccc4n2c2nc4ccccc4n32)c1-c1ccccc1C. The highest BCUT2D eigenvalue weighted by molar-refractivity contribution is 6.04. The molecule has 9 aromatic carbocycles. The summed E-state index contributed by atoms with van der Waals surface area (Å²) < 4.78 is 4.54. The number of fused-ring (bicyclic) bond motifs is 10. The third-order valence-corrected chi connectivity index (χ3v) is 13.3. The van der Waals surface area contributed by atoms with Gasteiger partial charge < -0.3 is 0 Å². The Kier molecular flexibility index (Phi) is 8.87. The number of hydrogen-bond acceptors (Lipinski definition) is 2. The second-order valence-corrected chi connectivity index (χ2v) is 17.0. The molecular weight excluding hydrogens is 777 g/mol. The van der Waals surface area contributed by atoms with Crippen LogP contribution in [0, 0.1) is 20.8 Å². The first-order chi connectivity index (χ1) is 31.5. The van der Waals surface area contributed by atoms with E-state index >= 15 is 0 Å². The van der Waals surface area contributed by atoms with Crippen LogP contribution in [-0.4, -0.2) is 18.8 Å². The van der Waals surface area contributed by atoms with Gasteiger partial charge in [0, 0.05) is 11.3 Å². The molecule has 0 saturated heterocycles. The van der Waals surface area contributed by atoms with Gasteiger partial charge in [-0.2, -0.15) is 0 Å². The molecule has 0 unspecified atom stereocenters. The predicted octanol–water partition coefficient (Wildman–Crippen LogP) is 15.2. The molecule has 4 heteroatoms. The summed E-state index contributed by atoms with van der Waals surface area (Å²) in [6.07, 6.45) is 0. The molecule has 0 aliphatic heterocycles. The number of benzene rings is 9. The molecule has 0 spiro atoms. The van der Waals surface area contributed by atoms with Crippen molar-refractivity contribution in [2.75, 3.05) is 0 Å². The molecule has 12 aromatic rings. The van der Waals surface area contributed by atoms with E-state index in [2.05, 4.69) is 236 Å². The minimum Gasteiger partial charge on any atom is -0.277 e. The summed E-state index contributed by atoms with van der Waals surface area (Å²) in [4.78, 5) is 10.5. The normalized spacial score (nSPS) is 11.8. The fourth-order valence-corrected chi connectivity index (χ4v) is 10.3. The second kappa shape index (κ2) is 15.1. The van der Waals surface area contributed by atoms with Crippen molar-refractivity contribution in [1.29, 1.82) is 0 Å². The third-order valence-electron chi connectivity index (χ3n) is 13.3. The van der Waals surface area contributed by atoms with Crippen LogP contribution in [0.1, 0.15) is 39.3 Å². The minimum absolute atomic E-state index is 0.136. The maximum atomic E-state index is 5.32. The number of aryl methyl sites for hydroxylation is 3. The molecule has 0 fully saturated rings. The summed E-state index contributed by atoms with van der Waals surface area (Å²) in [5, 5.41) is 1.07. The molecule has 3 aromatic heterocycles. The van der Waals surface area contributed by atoms with Crippen LogP contribution in [0.4, 0.5) is 0 Å². The summed E-state index contributed by atoms with van der Waals surface area (Å²) in [7, 11) is 0. The van der Waals surface area contributed by atoms with E-state index < -0.39 is 0 Å². The molecule has 0 saturated carbocycles. The minimum atomic E-state index is -0.136. The summed E-state index contributed by atoms with van der Waals surface area (Å²) in [6.45, 7) is 6.69. The van der Waals surface area contributed by atoms with Crippen molar-refractivity contribution in [2.24, 2.45) is 0 Å². The van der Waals surface area contributed by atoms with Crippen molar-refractivity contribution in [2.45, 2.75) is 26.7 Å². The topological polar surface area (TPSA) is 34.6 Å². The summed E-state index contributed by atoms with van der Waals surface area (Å²) in [5.41, 5.74) is 23.2. The Morgan fingerprint density at radius 3 is 1.44 bits per heavy atom. The van der Waals surface area contributed by atoms with Gasteiger partial charge in [0.1, 0.15) is 5.65 Å². The smallest absolute Gasteiger partial charge is 0.221 e. The molecule has 0 aliphatic rings. The zero-order valence-electron chi connectivity index (χ0n) is 36.0. The first-order valence-corrected chi connectivity index (χ1v) is 22.1. The van der Waals surface area contributed by atoms with Crippen LogP contribution in [-0.2, 0) is 0 Å². The van der Waals surface area contributed by atoms with Gasteiger partial charge in [-0.05, 0) is 135 Å². The Morgan fingerprint density at radius 1 is 0.359 bits per heavy atom. The molecule has 0 bridgehead atoms. The Bertz CT molecular complexity index is 3700. The van der Waals surface area contributed by atoms with Gasteiger partial charge in [0.05, 0.1) is 27.6 Å². The number of nitrogens with zero attached hydrogens (tertiary/aromatic N) is 4. The average molecular weight is 821 g/mol. The molecule has 12 rings (SSSR count). The Morgan fingerprint density at radius 2 is 0.828 bits per heavy atom. The molecule has 3 heterocycles. The lowest BCUT2D eigenvalue weighted by Crippen LogP contribution is -2.10. The van der Waals surface area contributed by atoms with E-state index in [0.29, 0.717) is 0 Å². The zero-order chi connectivity index (χ0) is 42.9. The Balaban J connectivity index is 1.19. The number of rotatable bonds is 7. The average Bonchev–Trinajstić information content (AvgIpc) is 3.92. The first kappa shape index (κ1) is 37.7. The lowest BCUT2D eigenvalue weighted by atomic mass is 9.74. The van der Waals surface area contributed by atoms with Crippen LogP contribution < -0.4 is 0 Å². The standard InChI is InChI=1S/C60H44N4/c1-38-19-4-7-22-42(38)46-25-10-12-27-48(46)58(49-28-13-11-26-47(49)43-23-8-5-20-39(43)2)50-30-18-29-45(57(50)44-24-9-6-21-40(44)3)41-35-36-54-51(37-41)59-61-52-31-14-17-34-56(52)64(59)60-62-53-32-15-16-33-55(53)63(54)60/h4-37,58H,1-3H3. The van der Waals surface area contributed by atoms with Crippen molar-refractivity contribution in [3.63, 3.8) is 0 Å². The molecule has 0 aliphatic carbocycles. The van der Waals surface area contributed by atoms with Gasteiger partial charge in [-0.3, -0.25) is 8.80 Å². The van der Waals surface area contributed by atoms with Gasteiger partial charge in [0.15, 0.2) is 0 Å². The Hall–Kier alpha value is -8.08. The van der Waals surface area contributed by atoms with E-state index in [4.69, 9.17) is 9.97 Å². The van der Waals surface area contributed by atoms with E-state index in [0.717, 1.165) is 50.0 Å². The van der Waals surface area contributed by atoms with E-state index in [1.165, 1.54) is 72.3 Å². The van der Waals surface area contributed by atoms with Gasteiger partial charge in [-0.1, -0.05) is 170 Å². The molecule has 0 atom stereocenters. The Labute approximate surface area is 372 Å². The van der Waals surface area contributed by atoms with Crippen LogP contribution in [0.25, 0.3) is 88.9 Å². The van der Waals surface area contributed by atoms with E-state index in [-0.39, 0.29) is 5.92 Å². The molecule has 304 valence electrons. The van der Waals surface area contributed by atoms with Crippen molar-refractivity contribution >= 4 is 44.4 Å². The van der Waals surface area contributed by atoms with Gasteiger partial charge >= 0.3 is 0 Å². The van der Waals surface area contributed by atoms with Crippen LogP contribution in [0.2, 0.25) is 0 Å². The highest BCUT2D eigenvalue weighted by Crippen LogP contribution is 2.49. The second-order valence-electron chi connectivity index (χ2n) is 17.0. The van der Waals surface area contributed by atoms with Crippen LogP contribution in [0.3, 0.4) is 0 Å². The third kappa shape index (κ3) is 5.90. The summed E-state index contributed by atoms with van der Waals surface area (Å²) in [6, 6.07) is 75.3. The lowest BCUT2D eigenvalue weighted by molar-refractivity contribution is 0.983. The van der Waals surface area contributed by atoms with Crippen molar-refractivity contribution in [1.82, 2.24) is 18.8 Å². The number of para-hydroxylation sites is 4. The van der Waals surface area contributed by atoms with Crippen LogP contribution in [0.15, 0.2) is 206 Å². The monoisotopic (exact) mass is 820 g/mol. The molecule has 64 heavy (non-hydrogen) atoms. The lowest BCUT2D eigenvalue weighted by Gasteiger charge is -2.29. The van der Waals surface area contributed by atoms with E-state index in [1.54, 1.807) is 0 Å². The molecule has 0 radical (unpaired) electrons. The maximum Gasteiger partial charge on any atom is 0.221 e. The summed E-state index contributed by atoms with van der Waals surface area (Å²) >= 11 is 0. The molecular formula is C60H44N4. The van der Waals surface area contributed by atoms with Crippen molar-refractivity contribution in [3.8, 4) is 44.5 Å². The van der Waals surface area contributed by atoms with Gasteiger partial charge in [0.25, 0.3) is 0 Å². The van der Waals surface area contributed by atoms with Gasteiger partial charge in [0.2, 0.25) is 5.78 Å². The number of aromatic nitrogens is 4. The van der Waals surface area contributed by atoms with Crippen LogP contribution >= 0.6 is 0 Å². The fraction of sp³-hybridized carbons (Fsp3) is 0.0667. The van der Waals surface area contributed by atoms with E-state index in [1.807, 2.05) is 0 Å². The molecule has 0 amide bonds. The zero-order valence-corrected chi connectivity index (χ0v) is 36.0. The predicted molar refractivity (Wildman–Crippen MR) is 266 cm³/mol. The van der Waals surface area contributed by atoms with Gasteiger partial charge in [-0.15, -0.1) is 0 Å². The molecule has 4 nitrogen and oxygen atoms in total. The highest BCUT2D eigenvalue weighted by Gasteiger charge is 2.29. The highest BCUT2D eigenvalue weighted by atomic mass is 15.2. The van der Waals surface area contributed by atoms with Crippen LogP contribution in [0.5, 0.6) is 0 Å². The quantitative estimate of drug-likeness (QED) is 0.150. The van der Waals surface area contributed by atoms with Crippen molar-refractivity contribution < 1.29 is 0 Å². The summed E-state index contributed by atoms with van der Waals surface area (Å²) in [5.74, 6) is 0.720. The number of imidazole rings is 2. The maximum absolute atomic E-state index is 5.32. The fourth-order valence-electron chi connectivity index (χ4n) is 10.3. The largest absolute Gasteiger partial charge is 0.277 e. The van der Waals surface area contributed by atoms with Gasteiger partial charge in [-0.25, -0.2) is 9.97 Å². The van der Waals surface area contributed by atoms with Crippen molar-refractivity contribution in [3.05, 3.63) is 240 Å². The first-order valence-electron chi connectivity index (χ1n) is 22.1. The molecule has 0 N–H and O–H groups in total. The number of hydrogen-bond donors (Lipinski definition) is 0. The van der Waals surface area contributed by atoms with E-state index in [9.17, 15) is 0 Å².